The first-order valence-electron chi connectivity index (χ1n) is 8.18. The monoisotopic (exact) mass is 376 g/mol. The zero-order valence-corrected chi connectivity index (χ0v) is 16.2. The highest BCUT2D eigenvalue weighted by Gasteiger charge is 2.18. The van der Waals surface area contributed by atoms with E-state index in [2.05, 4.69) is 10.3 Å². The van der Waals surface area contributed by atoms with Gasteiger partial charge in [-0.05, 0) is 47.7 Å². The molecule has 2 rings (SSSR count). The largest absolute Gasteiger partial charge is 0.484 e. The van der Waals surface area contributed by atoms with Crippen molar-refractivity contribution in [2.45, 2.75) is 38.0 Å². The highest BCUT2D eigenvalue weighted by atomic mass is 32.2. The number of carbonyl (C=O) groups is 1. The maximum absolute atomic E-state index is 12.2. The fourth-order valence-electron chi connectivity index (χ4n) is 2.21. The van der Waals surface area contributed by atoms with Gasteiger partial charge in [0.1, 0.15) is 5.75 Å². The summed E-state index contributed by atoms with van der Waals surface area (Å²) in [6.45, 7) is 7.75. The van der Waals surface area contributed by atoms with Gasteiger partial charge in [-0.25, -0.2) is 8.42 Å². The Morgan fingerprint density at radius 2 is 1.73 bits per heavy atom. The Morgan fingerprint density at radius 3 is 2.31 bits per heavy atom. The Hall–Kier alpha value is -2.38. The number of hydrogen-bond acceptors (Lipinski definition) is 4. The van der Waals surface area contributed by atoms with Crippen LogP contribution in [0.25, 0.3) is 0 Å². The van der Waals surface area contributed by atoms with Crippen LogP contribution in [0.5, 0.6) is 5.75 Å². The summed E-state index contributed by atoms with van der Waals surface area (Å²) in [6, 6.07) is 13.8. The van der Waals surface area contributed by atoms with Gasteiger partial charge in [-0.3, -0.25) is 10.2 Å². The first kappa shape index (κ1) is 19.9. The van der Waals surface area contributed by atoms with Crippen LogP contribution in [0.3, 0.4) is 0 Å². The first-order chi connectivity index (χ1) is 12.1. The zero-order valence-electron chi connectivity index (χ0n) is 15.4. The van der Waals surface area contributed by atoms with E-state index in [1.807, 2.05) is 39.8 Å². The van der Waals surface area contributed by atoms with Crippen molar-refractivity contribution in [1.29, 1.82) is 0 Å². The summed E-state index contributed by atoms with van der Waals surface area (Å²) < 4.78 is 29.8. The maximum atomic E-state index is 12.2. The van der Waals surface area contributed by atoms with E-state index in [1.165, 1.54) is 12.1 Å². The summed E-state index contributed by atoms with van der Waals surface area (Å²) in [5.74, 6) is -0.0535. The van der Waals surface area contributed by atoms with E-state index in [-0.39, 0.29) is 16.9 Å². The van der Waals surface area contributed by atoms with Crippen molar-refractivity contribution in [3.8, 4) is 5.75 Å². The number of rotatable bonds is 6. The standard InChI is InChI=1S/C19H24N2O4S/c1-14-6-5-7-16(12-14)25-13-18(22)20-21-26(23,24)17-10-8-15(9-11-17)19(2,3)4/h5-12,21H,13H2,1-4H3,(H,20,22). The SMILES string of the molecule is Cc1cccc(OCC(=O)NNS(=O)(=O)c2ccc(C(C)(C)C)cc2)c1. The molecule has 0 radical (unpaired) electrons. The molecule has 0 aromatic heterocycles. The minimum Gasteiger partial charge on any atom is -0.484 e. The van der Waals surface area contributed by atoms with Crippen LogP contribution in [-0.4, -0.2) is 20.9 Å². The molecule has 0 spiro atoms. The van der Waals surface area contributed by atoms with Gasteiger partial charge in [-0.15, -0.1) is 4.83 Å². The van der Waals surface area contributed by atoms with E-state index in [0.717, 1.165) is 11.1 Å². The molecule has 0 aliphatic heterocycles. The molecule has 1 amide bonds. The molecule has 26 heavy (non-hydrogen) atoms. The van der Waals surface area contributed by atoms with Crippen molar-refractivity contribution in [2.24, 2.45) is 0 Å². The average Bonchev–Trinajstić information content (AvgIpc) is 2.58. The van der Waals surface area contributed by atoms with Crippen molar-refractivity contribution >= 4 is 15.9 Å². The molecule has 2 aromatic rings. The quantitative estimate of drug-likeness (QED) is 0.759. The fourth-order valence-corrected chi connectivity index (χ4v) is 3.07. The van der Waals surface area contributed by atoms with E-state index >= 15 is 0 Å². The highest BCUT2D eigenvalue weighted by molar-refractivity contribution is 7.89. The van der Waals surface area contributed by atoms with E-state index in [1.54, 1.807) is 24.3 Å². The van der Waals surface area contributed by atoms with E-state index in [4.69, 9.17) is 4.74 Å². The Labute approximate surface area is 154 Å². The highest BCUT2D eigenvalue weighted by Crippen LogP contribution is 2.23. The molecule has 0 bridgehead atoms. The Balaban J connectivity index is 1.91. The molecule has 0 saturated carbocycles. The molecule has 140 valence electrons. The van der Waals surface area contributed by atoms with Crippen molar-refractivity contribution in [3.63, 3.8) is 0 Å². The normalized spacial score (nSPS) is 11.8. The second-order valence-electron chi connectivity index (χ2n) is 7.03. The van der Waals surface area contributed by atoms with Crippen LogP contribution in [0.1, 0.15) is 31.9 Å². The van der Waals surface area contributed by atoms with E-state index in [0.29, 0.717) is 5.75 Å². The molecule has 0 atom stereocenters. The minimum atomic E-state index is -3.84. The molecule has 7 heteroatoms. The summed E-state index contributed by atoms with van der Waals surface area (Å²) in [7, 11) is -3.84. The van der Waals surface area contributed by atoms with Crippen LogP contribution >= 0.6 is 0 Å². The molecule has 0 heterocycles. The van der Waals surface area contributed by atoms with Crippen molar-refractivity contribution < 1.29 is 17.9 Å². The Bertz CT molecular complexity index is 869. The number of sulfonamides is 1. The van der Waals surface area contributed by atoms with Crippen LogP contribution in [0.2, 0.25) is 0 Å². The summed E-state index contributed by atoms with van der Waals surface area (Å²) >= 11 is 0. The molecule has 2 aromatic carbocycles. The van der Waals surface area contributed by atoms with Crippen molar-refractivity contribution in [3.05, 3.63) is 59.7 Å². The van der Waals surface area contributed by atoms with Crippen LogP contribution in [0.4, 0.5) is 0 Å². The van der Waals surface area contributed by atoms with Gasteiger partial charge < -0.3 is 4.74 Å². The molecule has 0 aliphatic rings. The fraction of sp³-hybridized carbons (Fsp3) is 0.316. The lowest BCUT2D eigenvalue weighted by Crippen LogP contribution is -2.43. The zero-order chi connectivity index (χ0) is 19.4. The van der Waals surface area contributed by atoms with Gasteiger partial charge in [0.2, 0.25) is 0 Å². The summed E-state index contributed by atoms with van der Waals surface area (Å²) in [5, 5.41) is 0. The predicted molar refractivity (Wildman–Crippen MR) is 100 cm³/mol. The van der Waals surface area contributed by atoms with Crippen LogP contribution in [-0.2, 0) is 20.2 Å². The second-order valence-corrected chi connectivity index (χ2v) is 8.72. The number of amides is 1. The molecular weight excluding hydrogens is 352 g/mol. The molecule has 6 nitrogen and oxygen atoms in total. The molecule has 0 fully saturated rings. The third kappa shape index (κ3) is 5.57. The smallest absolute Gasteiger partial charge is 0.272 e. The summed E-state index contributed by atoms with van der Waals surface area (Å²) in [4.78, 5) is 13.9. The number of carbonyl (C=O) groups excluding carboxylic acids is 1. The molecule has 2 N–H and O–H groups in total. The first-order valence-corrected chi connectivity index (χ1v) is 9.67. The second kappa shape index (κ2) is 7.88. The van der Waals surface area contributed by atoms with E-state index < -0.39 is 15.9 Å². The molecule has 0 saturated heterocycles. The van der Waals surface area contributed by atoms with E-state index in [9.17, 15) is 13.2 Å². The van der Waals surface area contributed by atoms with Gasteiger partial charge in [0.25, 0.3) is 15.9 Å². The van der Waals surface area contributed by atoms with Gasteiger partial charge in [-0.1, -0.05) is 45.0 Å². The van der Waals surface area contributed by atoms with Gasteiger partial charge in [0.15, 0.2) is 6.61 Å². The summed E-state index contributed by atoms with van der Waals surface area (Å²) in [5.41, 5.74) is 4.10. The van der Waals surface area contributed by atoms with Gasteiger partial charge in [0.05, 0.1) is 4.90 Å². The van der Waals surface area contributed by atoms with Crippen molar-refractivity contribution in [1.82, 2.24) is 10.3 Å². The van der Waals surface area contributed by atoms with Crippen LogP contribution < -0.4 is 15.0 Å². The predicted octanol–water partition coefficient (Wildman–Crippen LogP) is 2.68. The topological polar surface area (TPSA) is 84.5 Å². The third-order valence-corrected chi connectivity index (χ3v) is 4.98. The lowest BCUT2D eigenvalue weighted by molar-refractivity contribution is -0.123. The number of aryl methyl sites for hydroxylation is 1. The van der Waals surface area contributed by atoms with Gasteiger partial charge >= 0.3 is 0 Å². The van der Waals surface area contributed by atoms with Crippen molar-refractivity contribution in [2.75, 3.05) is 6.61 Å². The maximum Gasteiger partial charge on any atom is 0.272 e. The number of hydrazine groups is 1. The van der Waals surface area contributed by atoms with Crippen LogP contribution in [0.15, 0.2) is 53.4 Å². The number of ether oxygens (including phenoxy) is 1. The van der Waals surface area contributed by atoms with Gasteiger partial charge in [-0.2, -0.15) is 0 Å². The lowest BCUT2D eigenvalue weighted by Gasteiger charge is -2.19. The Morgan fingerprint density at radius 1 is 1.08 bits per heavy atom. The Kier molecular flexibility index (Phi) is 6.05. The summed E-state index contributed by atoms with van der Waals surface area (Å²) in [6.07, 6.45) is 0. The minimum absolute atomic E-state index is 0.0724. The molecule has 0 aliphatic carbocycles. The third-order valence-electron chi connectivity index (χ3n) is 3.71. The van der Waals surface area contributed by atoms with Crippen LogP contribution in [0, 0.1) is 6.92 Å². The molecular formula is C19H24N2O4S. The average molecular weight is 376 g/mol. The number of nitrogens with one attached hydrogen (secondary N) is 2. The van der Waals surface area contributed by atoms with Gasteiger partial charge in [0, 0.05) is 0 Å². The lowest BCUT2D eigenvalue weighted by atomic mass is 9.87. The number of benzene rings is 2. The molecule has 0 unspecified atom stereocenters. The number of hydrogen-bond donors (Lipinski definition) is 2.